The normalized spacial score (nSPS) is 16.7. The van der Waals surface area contributed by atoms with Crippen LogP contribution >= 0.6 is 0 Å². The van der Waals surface area contributed by atoms with E-state index in [0.29, 0.717) is 25.9 Å². The fraction of sp³-hybridized carbons (Fsp3) is 0.333. The zero-order chi connectivity index (χ0) is 19.0. The number of fused-ring (bicyclic) bond motifs is 1. The van der Waals surface area contributed by atoms with Gasteiger partial charge in [0, 0.05) is 25.2 Å². The molecule has 27 heavy (non-hydrogen) atoms. The summed E-state index contributed by atoms with van der Waals surface area (Å²) in [7, 11) is -2.41. The molecule has 1 aromatic carbocycles. The molecule has 0 unspecified atom stereocenters. The molecule has 0 spiro atoms. The van der Waals surface area contributed by atoms with Crippen LogP contribution in [-0.2, 0) is 10.0 Å². The van der Waals surface area contributed by atoms with Crippen LogP contribution in [-0.4, -0.2) is 47.5 Å². The lowest BCUT2D eigenvalue weighted by atomic mass is 9.97. The summed E-state index contributed by atoms with van der Waals surface area (Å²) in [6.07, 6.45) is 3.18. The third kappa shape index (κ3) is 3.17. The summed E-state index contributed by atoms with van der Waals surface area (Å²) in [4.78, 5) is -0.0628. The highest BCUT2D eigenvalue weighted by Gasteiger charge is 2.32. The second kappa shape index (κ2) is 6.90. The van der Waals surface area contributed by atoms with Gasteiger partial charge < -0.3 is 4.74 Å². The fourth-order valence-electron chi connectivity index (χ4n) is 3.45. The Morgan fingerprint density at radius 2 is 1.93 bits per heavy atom. The first-order valence-electron chi connectivity index (χ1n) is 8.64. The van der Waals surface area contributed by atoms with Gasteiger partial charge in [-0.15, -0.1) is 10.2 Å². The summed E-state index contributed by atoms with van der Waals surface area (Å²) in [5.41, 5.74) is 0.774. The van der Waals surface area contributed by atoms with Gasteiger partial charge in [-0.3, -0.25) is 4.40 Å². The van der Waals surface area contributed by atoms with Crippen LogP contribution < -0.4 is 4.74 Å². The smallest absolute Gasteiger partial charge is 0.243 e. The van der Waals surface area contributed by atoms with Gasteiger partial charge in [-0.2, -0.15) is 4.31 Å². The lowest BCUT2D eigenvalue weighted by Gasteiger charge is -2.30. The van der Waals surface area contributed by atoms with E-state index in [1.807, 2.05) is 28.8 Å². The number of sulfonamides is 1. The Bertz CT molecular complexity index is 1080. The maximum atomic E-state index is 13.9. The predicted molar refractivity (Wildman–Crippen MR) is 96.7 cm³/mol. The lowest BCUT2D eigenvalue weighted by molar-refractivity contribution is 0.312. The summed E-state index contributed by atoms with van der Waals surface area (Å²) in [6, 6.07) is 9.40. The average molecular weight is 390 g/mol. The number of methoxy groups -OCH3 is 1. The van der Waals surface area contributed by atoms with Gasteiger partial charge in [-0.25, -0.2) is 12.8 Å². The second-order valence-corrected chi connectivity index (χ2v) is 8.40. The number of halogens is 1. The molecule has 4 rings (SSSR count). The molecular formula is C18H19FN4O3S. The van der Waals surface area contributed by atoms with Crippen molar-refractivity contribution < 1.29 is 17.5 Å². The first kappa shape index (κ1) is 17.9. The number of ether oxygens (including phenoxy) is 1. The van der Waals surface area contributed by atoms with Crippen LogP contribution in [0.4, 0.5) is 4.39 Å². The molecule has 0 saturated carbocycles. The first-order chi connectivity index (χ1) is 13.0. The highest BCUT2D eigenvalue weighted by molar-refractivity contribution is 7.89. The van der Waals surface area contributed by atoms with E-state index in [0.717, 1.165) is 17.5 Å². The molecule has 9 heteroatoms. The fourth-order valence-corrected chi connectivity index (χ4v) is 4.93. The van der Waals surface area contributed by atoms with E-state index in [4.69, 9.17) is 4.74 Å². The van der Waals surface area contributed by atoms with Crippen molar-refractivity contribution >= 4 is 15.7 Å². The van der Waals surface area contributed by atoms with E-state index in [2.05, 4.69) is 10.2 Å². The number of hydrogen-bond acceptors (Lipinski definition) is 5. The maximum Gasteiger partial charge on any atom is 0.243 e. The molecular weight excluding hydrogens is 371 g/mol. The molecule has 3 heterocycles. The van der Waals surface area contributed by atoms with Crippen LogP contribution in [0.1, 0.15) is 24.6 Å². The SMILES string of the molecule is COc1ccc(S(=O)(=O)N2CCC(c3nnc4ccccn34)CC2)cc1F. The van der Waals surface area contributed by atoms with Gasteiger partial charge in [0.15, 0.2) is 17.2 Å². The topological polar surface area (TPSA) is 76.8 Å². The zero-order valence-corrected chi connectivity index (χ0v) is 15.6. The molecule has 2 aromatic heterocycles. The van der Waals surface area contributed by atoms with Crippen molar-refractivity contribution in [1.82, 2.24) is 18.9 Å². The molecule has 0 atom stereocenters. The third-order valence-electron chi connectivity index (χ3n) is 4.92. The number of piperidine rings is 1. The second-order valence-electron chi connectivity index (χ2n) is 6.46. The number of benzene rings is 1. The van der Waals surface area contributed by atoms with Gasteiger partial charge in [0.2, 0.25) is 10.0 Å². The minimum atomic E-state index is -3.75. The van der Waals surface area contributed by atoms with Crippen molar-refractivity contribution in [3.05, 3.63) is 54.2 Å². The molecule has 1 saturated heterocycles. The molecule has 0 amide bonds. The van der Waals surface area contributed by atoms with Gasteiger partial charge in [0.1, 0.15) is 5.82 Å². The summed E-state index contributed by atoms with van der Waals surface area (Å²) in [6.45, 7) is 0.699. The summed E-state index contributed by atoms with van der Waals surface area (Å²) in [5, 5.41) is 8.44. The minimum absolute atomic E-state index is 0.0198. The average Bonchev–Trinajstić information content (AvgIpc) is 3.12. The van der Waals surface area contributed by atoms with Crippen LogP contribution in [0.3, 0.4) is 0 Å². The molecule has 7 nitrogen and oxygen atoms in total. The zero-order valence-electron chi connectivity index (χ0n) is 14.7. The minimum Gasteiger partial charge on any atom is -0.494 e. The number of pyridine rings is 1. The Kier molecular flexibility index (Phi) is 4.56. The van der Waals surface area contributed by atoms with E-state index < -0.39 is 15.8 Å². The van der Waals surface area contributed by atoms with E-state index in [9.17, 15) is 12.8 Å². The molecule has 1 fully saturated rings. The molecule has 142 valence electrons. The Morgan fingerprint density at radius 3 is 2.63 bits per heavy atom. The molecule has 1 aliphatic heterocycles. The van der Waals surface area contributed by atoms with Crippen molar-refractivity contribution in [3.8, 4) is 5.75 Å². The van der Waals surface area contributed by atoms with E-state index in [-0.39, 0.29) is 16.6 Å². The van der Waals surface area contributed by atoms with Crippen LogP contribution in [0.5, 0.6) is 5.75 Å². The van der Waals surface area contributed by atoms with Crippen LogP contribution in [0, 0.1) is 5.82 Å². The van der Waals surface area contributed by atoms with Gasteiger partial charge >= 0.3 is 0 Å². The Hall–Kier alpha value is -2.52. The number of nitrogens with zero attached hydrogens (tertiary/aromatic N) is 4. The van der Waals surface area contributed by atoms with Crippen molar-refractivity contribution in [3.63, 3.8) is 0 Å². The van der Waals surface area contributed by atoms with Crippen LogP contribution in [0.2, 0.25) is 0 Å². The highest BCUT2D eigenvalue weighted by atomic mass is 32.2. The first-order valence-corrected chi connectivity index (χ1v) is 10.1. The van der Waals surface area contributed by atoms with Crippen LogP contribution in [0.15, 0.2) is 47.5 Å². The number of rotatable bonds is 4. The predicted octanol–water partition coefficient (Wildman–Crippen LogP) is 2.45. The van der Waals surface area contributed by atoms with Crippen molar-refractivity contribution in [2.45, 2.75) is 23.7 Å². The van der Waals surface area contributed by atoms with Crippen molar-refractivity contribution in [1.29, 1.82) is 0 Å². The largest absolute Gasteiger partial charge is 0.494 e. The van der Waals surface area contributed by atoms with Gasteiger partial charge in [0.05, 0.1) is 12.0 Å². The summed E-state index contributed by atoms with van der Waals surface area (Å²) >= 11 is 0. The molecule has 0 bridgehead atoms. The lowest BCUT2D eigenvalue weighted by Crippen LogP contribution is -2.38. The van der Waals surface area contributed by atoms with Crippen molar-refractivity contribution in [2.24, 2.45) is 0 Å². The standard InChI is InChI=1S/C18H19FN4O3S/c1-26-16-6-5-14(12-15(16)19)27(24,25)22-10-7-13(8-11-22)18-21-20-17-4-2-3-9-23(17)18/h2-6,9,12-13H,7-8,10-11H2,1H3. The number of aromatic nitrogens is 3. The van der Waals surface area contributed by atoms with Gasteiger partial charge in [-0.05, 0) is 43.2 Å². The molecule has 1 aliphatic rings. The number of hydrogen-bond donors (Lipinski definition) is 0. The molecule has 3 aromatic rings. The summed E-state index contributed by atoms with van der Waals surface area (Å²) < 4.78 is 47.8. The quantitative estimate of drug-likeness (QED) is 0.684. The Morgan fingerprint density at radius 1 is 1.15 bits per heavy atom. The van der Waals surface area contributed by atoms with Crippen LogP contribution in [0.25, 0.3) is 5.65 Å². The van der Waals surface area contributed by atoms with E-state index >= 15 is 0 Å². The molecule has 0 aliphatic carbocycles. The van der Waals surface area contributed by atoms with E-state index in [1.54, 1.807) is 0 Å². The van der Waals surface area contributed by atoms with E-state index in [1.165, 1.54) is 23.5 Å². The van der Waals surface area contributed by atoms with Gasteiger partial charge in [0.25, 0.3) is 0 Å². The molecule has 0 N–H and O–H groups in total. The molecule has 0 radical (unpaired) electrons. The Balaban J connectivity index is 1.52. The van der Waals surface area contributed by atoms with Gasteiger partial charge in [-0.1, -0.05) is 6.07 Å². The summed E-state index contributed by atoms with van der Waals surface area (Å²) in [5.74, 6) is 0.300. The highest BCUT2D eigenvalue weighted by Crippen LogP contribution is 2.31. The van der Waals surface area contributed by atoms with Crippen molar-refractivity contribution in [2.75, 3.05) is 20.2 Å². The maximum absolute atomic E-state index is 13.9. The monoisotopic (exact) mass is 390 g/mol. The Labute approximate surface area is 156 Å². The third-order valence-corrected chi connectivity index (χ3v) is 6.81.